The Morgan fingerprint density at radius 3 is 2.15 bits per heavy atom. The lowest BCUT2D eigenvalue weighted by atomic mass is 9.90. The van der Waals surface area contributed by atoms with Crippen molar-refractivity contribution in [3.05, 3.63) is 29.8 Å². The first kappa shape index (κ1) is 16.5. The maximum atomic E-state index is 10.7. The van der Waals surface area contributed by atoms with Crippen LogP contribution in [0.3, 0.4) is 0 Å². The normalized spacial score (nSPS) is 11.3. The van der Waals surface area contributed by atoms with E-state index < -0.39 is 5.97 Å². The van der Waals surface area contributed by atoms with Crippen LogP contribution in [0, 0.1) is 0 Å². The predicted molar refractivity (Wildman–Crippen MR) is 80.5 cm³/mol. The van der Waals surface area contributed by atoms with Gasteiger partial charge in [0.25, 0.3) is 0 Å². The molecule has 0 radical (unpaired) electrons. The molecule has 0 aliphatic carbocycles. The largest absolute Gasteiger partial charge is 0.492 e. The van der Waals surface area contributed by atoms with Crippen LogP contribution in [0.4, 0.5) is 0 Å². The number of carboxylic acid groups (broad SMARTS) is 1. The van der Waals surface area contributed by atoms with Crippen LogP contribution in [0.25, 0.3) is 0 Å². The highest BCUT2D eigenvalue weighted by Gasteiger charge is 2.22. The third-order valence-electron chi connectivity index (χ3n) is 4.00. The van der Waals surface area contributed by atoms with Crippen molar-refractivity contribution < 1.29 is 14.6 Å². The molecule has 0 spiro atoms. The predicted octanol–water partition coefficient (Wildman–Crippen LogP) is 3.32. The molecule has 1 rings (SSSR count). The molecule has 0 bridgehead atoms. The first-order valence-corrected chi connectivity index (χ1v) is 7.28. The van der Waals surface area contributed by atoms with Gasteiger partial charge in [0, 0.05) is 12.1 Å². The summed E-state index contributed by atoms with van der Waals surface area (Å²) < 4.78 is 5.61. The molecule has 1 aromatic carbocycles. The fraction of sp³-hybridized carbons (Fsp3) is 0.562. The van der Waals surface area contributed by atoms with Crippen molar-refractivity contribution in [2.45, 2.75) is 45.6 Å². The molecule has 0 fully saturated rings. The highest BCUT2D eigenvalue weighted by atomic mass is 16.5. The minimum absolute atomic E-state index is 0.205. The second kappa shape index (κ2) is 7.90. The van der Waals surface area contributed by atoms with Crippen molar-refractivity contribution >= 4 is 5.97 Å². The number of aromatic carboxylic acids is 1. The molecule has 2 N–H and O–H groups in total. The van der Waals surface area contributed by atoms with Crippen molar-refractivity contribution in [1.82, 2.24) is 5.32 Å². The lowest BCUT2D eigenvalue weighted by molar-refractivity contribution is 0.0697. The Morgan fingerprint density at radius 2 is 1.70 bits per heavy atom. The first-order chi connectivity index (χ1) is 9.56. The number of rotatable bonds is 9. The van der Waals surface area contributed by atoms with E-state index in [2.05, 4.69) is 26.1 Å². The van der Waals surface area contributed by atoms with E-state index in [-0.39, 0.29) is 11.1 Å². The van der Waals surface area contributed by atoms with E-state index in [9.17, 15) is 4.79 Å². The van der Waals surface area contributed by atoms with E-state index in [1.165, 1.54) is 0 Å². The summed E-state index contributed by atoms with van der Waals surface area (Å²) in [7, 11) is 0. The lowest BCUT2D eigenvalue weighted by Crippen LogP contribution is -2.45. The second-order valence-corrected chi connectivity index (χ2v) is 4.95. The smallest absolute Gasteiger partial charge is 0.335 e. The number of hydrogen-bond donors (Lipinski definition) is 2. The van der Waals surface area contributed by atoms with Gasteiger partial charge in [0.1, 0.15) is 12.4 Å². The average Bonchev–Trinajstić information content (AvgIpc) is 2.49. The van der Waals surface area contributed by atoms with Gasteiger partial charge in [0.15, 0.2) is 0 Å². The van der Waals surface area contributed by atoms with E-state index in [4.69, 9.17) is 9.84 Å². The van der Waals surface area contributed by atoms with Gasteiger partial charge in [-0.1, -0.05) is 20.8 Å². The Bertz CT molecular complexity index is 402. The molecule has 0 unspecified atom stereocenters. The van der Waals surface area contributed by atoms with Gasteiger partial charge in [-0.15, -0.1) is 0 Å². The van der Waals surface area contributed by atoms with Crippen molar-refractivity contribution in [1.29, 1.82) is 0 Å². The minimum atomic E-state index is -0.920. The molecule has 4 heteroatoms. The molecular formula is C16H25NO3. The Morgan fingerprint density at radius 1 is 1.15 bits per heavy atom. The van der Waals surface area contributed by atoms with Crippen molar-refractivity contribution in [3.63, 3.8) is 0 Å². The zero-order chi connectivity index (χ0) is 15.0. The zero-order valence-electron chi connectivity index (χ0n) is 12.6. The summed E-state index contributed by atoms with van der Waals surface area (Å²) in [5, 5.41) is 12.4. The van der Waals surface area contributed by atoms with Crippen LogP contribution in [0.15, 0.2) is 24.3 Å². The van der Waals surface area contributed by atoms with Crippen LogP contribution >= 0.6 is 0 Å². The number of nitrogens with one attached hydrogen (secondary N) is 1. The third-order valence-corrected chi connectivity index (χ3v) is 4.00. The van der Waals surface area contributed by atoms with Gasteiger partial charge >= 0.3 is 5.97 Å². The molecule has 4 nitrogen and oxygen atoms in total. The second-order valence-electron chi connectivity index (χ2n) is 4.95. The zero-order valence-corrected chi connectivity index (χ0v) is 12.6. The topological polar surface area (TPSA) is 58.6 Å². The molecule has 0 saturated carbocycles. The van der Waals surface area contributed by atoms with Crippen LogP contribution in [0.5, 0.6) is 5.75 Å². The molecule has 112 valence electrons. The Labute approximate surface area is 121 Å². The maximum absolute atomic E-state index is 10.7. The highest BCUT2D eigenvalue weighted by Crippen LogP contribution is 2.18. The number of carboxylic acids is 1. The van der Waals surface area contributed by atoms with Gasteiger partial charge in [0.2, 0.25) is 0 Å². The van der Waals surface area contributed by atoms with Crippen LogP contribution in [0.1, 0.15) is 50.4 Å². The molecule has 0 aliphatic heterocycles. The Kier molecular flexibility index (Phi) is 6.52. The molecule has 0 aliphatic rings. The van der Waals surface area contributed by atoms with Gasteiger partial charge in [0.05, 0.1) is 5.56 Å². The Hall–Kier alpha value is -1.55. The highest BCUT2D eigenvalue weighted by molar-refractivity contribution is 5.87. The molecule has 0 saturated heterocycles. The standard InChI is InChI=1S/C16H25NO3/c1-4-16(5-2,6-3)17-11-12-20-14-9-7-13(8-10-14)15(18)19/h7-10,17H,4-6,11-12H2,1-3H3,(H,18,19). The molecule has 0 amide bonds. The van der Waals surface area contributed by atoms with E-state index in [0.717, 1.165) is 25.8 Å². The molecule has 1 aromatic rings. The van der Waals surface area contributed by atoms with Crippen LogP contribution in [0.2, 0.25) is 0 Å². The SMILES string of the molecule is CCC(CC)(CC)NCCOc1ccc(C(=O)O)cc1. The molecule has 0 heterocycles. The average molecular weight is 279 g/mol. The molecule has 0 aromatic heterocycles. The van der Waals surface area contributed by atoms with Crippen molar-refractivity contribution in [2.75, 3.05) is 13.2 Å². The van der Waals surface area contributed by atoms with Gasteiger partial charge in [-0.25, -0.2) is 4.79 Å². The molecule has 0 atom stereocenters. The number of hydrogen-bond acceptors (Lipinski definition) is 3. The van der Waals surface area contributed by atoms with Gasteiger partial charge in [-0.2, -0.15) is 0 Å². The van der Waals surface area contributed by atoms with E-state index in [1.807, 2.05) is 0 Å². The summed E-state index contributed by atoms with van der Waals surface area (Å²) in [5.74, 6) is -0.219. The van der Waals surface area contributed by atoms with Crippen LogP contribution < -0.4 is 10.1 Å². The minimum Gasteiger partial charge on any atom is -0.492 e. The van der Waals surface area contributed by atoms with Gasteiger partial charge < -0.3 is 15.2 Å². The number of ether oxygens (including phenoxy) is 1. The molecular weight excluding hydrogens is 254 g/mol. The Balaban J connectivity index is 2.39. The summed E-state index contributed by atoms with van der Waals surface area (Å²) in [6.07, 6.45) is 3.31. The summed E-state index contributed by atoms with van der Waals surface area (Å²) in [6, 6.07) is 6.49. The van der Waals surface area contributed by atoms with Gasteiger partial charge in [-0.3, -0.25) is 0 Å². The fourth-order valence-corrected chi connectivity index (χ4v) is 2.30. The van der Waals surface area contributed by atoms with Crippen LogP contribution in [-0.4, -0.2) is 29.8 Å². The van der Waals surface area contributed by atoms with E-state index >= 15 is 0 Å². The summed E-state index contributed by atoms with van der Waals surface area (Å²) >= 11 is 0. The number of benzene rings is 1. The summed E-state index contributed by atoms with van der Waals surface area (Å²) in [5.41, 5.74) is 0.480. The first-order valence-electron chi connectivity index (χ1n) is 7.28. The van der Waals surface area contributed by atoms with Crippen LogP contribution in [-0.2, 0) is 0 Å². The van der Waals surface area contributed by atoms with E-state index in [0.29, 0.717) is 12.4 Å². The molecule has 20 heavy (non-hydrogen) atoms. The van der Waals surface area contributed by atoms with Gasteiger partial charge in [-0.05, 0) is 43.5 Å². The van der Waals surface area contributed by atoms with E-state index in [1.54, 1.807) is 24.3 Å². The van der Waals surface area contributed by atoms with Crippen molar-refractivity contribution in [2.24, 2.45) is 0 Å². The monoisotopic (exact) mass is 279 g/mol. The third kappa shape index (κ3) is 4.53. The quantitative estimate of drug-likeness (QED) is 0.681. The maximum Gasteiger partial charge on any atom is 0.335 e. The summed E-state index contributed by atoms with van der Waals surface area (Å²) in [6.45, 7) is 7.97. The summed E-state index contributed by atoms with van der Waals surface area (Å²) in [4.78, 5) is 10.7. The lowest BCUT2D eigenvalue weighted by Gasteiger charge is -2.32. The fourth-order valence-electron chi connectivity index (χ4n) is 2.30. The number of carbonyl (C=O) groups is 1. The van der Waals surface area contributed by atoms with Crippen molar-refractivity contribution in [3.8, 4) is 5.75 Å².